The van der Waals surface area contributed by atoms with Crippen molar-refractivity contribution < 1.29 is 19.1 Å². The molecule has 0 N–H and O–H groups in total. The van der Waals surface area contributed by atoms with Gasteiger partial charge in [0.05, 0.1) is 13.7 Å². The van der Waals surface area contributed by atoms with Gasteiger partial charge in [0.2, 0.25) is 0 Å². The van der Waals surface area contributed by atoms with E-state index in [0.29, 0.717) is 6.54 Å². The van der Waals surface area contributed by atoms with E-state index in [2.05, 4.69) is 4.74 Å². The van der Waals surface area contributed by atoms with E-state index in [0.717, 1.165) is 25.9 Å². The number of nitrogens with zero attached hydrogens (tertiary/aromatic N) is 2. The minimum absolute atomic E-state index is 0.166. The molecule has 1 saturated heterocycles. The Balaban J connectivity index is 2.41. The molecule has 0 unspecified atom stereocenters. The van der Waals surface area contributed by atoms with Crippen LogP contribution in [-0.2, 0) is 14.3 Å². The number of likely N-dealkylation sites (tertiary alicyclic amines) is 1. The zero-order valence-corrected chi connectivity index (χ0v) is 13.1. The number of ether oxygens (including phenoxy) is 2. The van der Waals surface area contributed by atoms with Crippen LogP contribution in [0.25, 0.3) is 0 Å². The highest BCUT2D eigenvalue weighted by Crippen LogP contribution is 2.18. The third kappa shape index (κ3) is 5.36. The first-order valence-electron chi connectivity index (χ1n) is 6.98. The van der Waals surface area contributed by atoms with Crippen molar-refractivity contribution in [3.8, 4) is 0 Å². The molecule has 1 heterocycles. The van der Waals surface area contributed by atoms with E-state index in [1.807, 2.05) is 25.7 Å². The van der Waals surface area contributed by atoms with Crippen LogP contribution in [0, 0.1) is 0 Å². The van der Waals surface area contributed by atoms with E-state index >= 15 is 0 Å². The lowest BCUT2D eigenvalue weighted by atomic mass is 10.0. The molecule has 1 rings (SSSR count). The summed E-state index contributed by atoms with van der Waals surface area (Å²) in [6, 6.07) is 0.166. The minimum atomic E-state index is -0.475. The minimum Gasteiger partial charge on any atom is -0.468 e. The van der Waals surface area contributed by atoms with Crippen LogP contribution in [0.15, 0.2) is 0 Å². The van der Waals surface area contributed by atoms with E-state index in [1.165, 1.54) is 7.11 Å². The highest BCUT2D eigenvalue weighted by molar-refractivity contribution is 5.71. The molecule has 0 aliphatic carbocycles. The van der Waals surface area contributed by atoms with Crippen LogP contribution in [-0.4, -0.2) is 67.3 Å². The maximum Gasteiger partial charge on any atom is 0.410 e. The van der Waals surface area contributed by atoms with E-state index in [9.17, 15) is 9.59 Å². The number of carbonyl (C=O) groups excluding carboxylic acids is 2. The maximum absolute atomic E-state index is 12.0. The first-order chi connectivity index (χ1) is 9.23. The van der Waals surface area contributed by atoms with Gasteiger partial charge in [-0.15, -0.1) is 0 Å². The number of hydrogen-bond acceptors (Lipinski definition) is 5. The van der Waals surface area contributed by atoms with Gasteiger partial charge in [-0.05, 0) is 33.6 Å². The summed E-state index contributed by atoms with van der Waals surface area (Å²) in [5, 5.41) is 0. The van der Waals surface area contributed by atoms with Crippen LogP contribution < -0.4 is 0 Å². The lowest BCUT2D eigenvalue weighted by Crippen LogP contribution is -2.48. The molecule has 1 amide bonds. The van der Waals surface area contributed by atoms with Gasteiger partial charge in [-0.25, -0.2) is 4.79 Å². The summed E-state index contributed by atoms with van der Waals surface area (Å²) in [6.45, 7) is 7.46. The average Bonchev–Trinajstić information content (AvgIpc) is 2.36. The first-order valence-corrected chi connectivity index (χ1v) is 6.98. The molecule has 1 aliphatic rings. The summed E-state index contributed by atoms with van der Waals surface area (Å²) in [6.07, 6.45) is 1.39. The van der Waals surface area contributed by atoms with Gasteiger partial charge < -0.3 is 14.4 Å². The SMILES string of the molecule is COC(=O)CN1CCC(N(C)C(=O)OC(C)(C)C)CC1. The number of rotatable bonds is 3. The van der Waals surface area contributed by atoms with E-state index in [-0.39, 0.29) is 18.1 Å². The highest BCUT2D eigenvalue weighted by Gasteiger charge is 2.29. The predicted octanol–water partition coefficient (Wildman–Crippen LogP) is 1.49. The van der Waals surface area contributed by atoms with E-state index in [1.54, 1.807) is 11.9 Å². The Hall–Kier alpha value is -1.30. The van der Waals surface area contributed by atoms with Gasteiger partial charge in [0, 0.05) is 26.2 Å². The quantitative estimate of drug-likeness (QED) is 0.736. The molecule has 116 valence electrons. The van der Waals surface area contributed by atoms with Gasteiger partial charge in [0.25, 0.3) is 0 Å². The topological polar surface area (TPSA) is 59.1 Å². The Morgan fingerprint density at radius 1 is 1.25 bits per heavy atom. The van der Waals surface area contributed by atoms with Crippen molar-refractivity contribution in [2.45, 2.75) is 45.3 Å². The molecule has 20 heavy (non-hydrogen) atoms. The third-order valence-electron chi connectivity index (χ3n) is 3.37. The van der Waals surface area contributed by atoms with Crippen molar-refractivity contribution in [1.82, 2.24) is 9.80 Å². The van der Waals surface area contributed by atoms with Gasteiger partial charge in [-0.1, -0.05) is 0 Å². The zero-order valence-electron chi connectivity index (χ0n) is 13.1. The number of methoxy groups -OCH3 is 1. The molecule has 0 atom stereocenters. The third-order valence-corrected chi connectivity index (χ3v) is 3.37. The average molecular weight is 286 g/mol. The van der Waals surface area contributed by atoms with Crippen LogP contribution >= 0.6 is 0 Å². The fourth-order valence-electron chi connectivity index (χ4n) is 2.19. The standard InChI is InChI=1S/C14H26N2O4/c1-14(2,3)20-13(18)15(4)11-6-8-16(9-7-11)10-12(17)19-5/h11H,6-10H2,1-5H3. The number of carbonyl (C=O) groups is 2. The molecule has 6 nitrogen and oxygen atoms in total. The normalized spacial score (nSPS) is 17.6. The smallest absolute Gasteiger partial charge is 0.410 e. The number of hydrogen-bond donors (Lipinski definition) is 0. The van der Waals surface area contributed by atoms with Crippen molar-refractivity contribution in [3.05, 3.63) is 0 Å². The monoisotopic (exact) mass is 286 g/mol. The Labute approximate surface area is 121 Å². The van der Waals surface area contributed by atoms with Crippen molar-refractivity contribution in [2.75, 3.05) is 33.8 Å². The van der Waals surface area contributed by atoms with E-state index < -0.39 is 5.60 Å². The fraction of sp³-hybridized carbons (Fsp3) is 0.857. The van der Waals surface area contributed by atoms with Crippen LogP contribution in [0.5, 0.6) is 0 Å². The summed E-state index contributed by atoms with van der Waals surface area (Å²) >= 11 is 0. The summed E-state index contributed by atoms with van der Waals surface area (Å²) in [4.78, 5) is 26.9. The fourth-order valence-corrected chi connectivity index (χ4v) is 2.19. The number of esters is 1. The van der Waals surface area contributed by atoms with E-state index in [4.69, 9.17) is 4.74 Å². The largest absolute Gasteiger partial charge is 0.468 e. The molecule has 1 fully saturated rings. The maximum atomic E-state index is 12.0. The number of piperidine rings is 1. The van der Waals surface area contributed by atoms with Crippen LogP contribution in [0.3, 0.4) is 0 Å². The Morgan fingerprint density at radius 3 is 2.25 bits per heavy atom. The molecule has 0 spiro atoms. The van der Waals surface area contributed by atoms with Gasteiger partial charge in [-0.3, -0.25) is 9.69 Å². The van der Waals surface area contributed by atoms with Crippen molar-refractivity contribution in [3.63, 3.8) is 0 Å². The zero-order chi connectivity index (χ0) is 15.3. The van der Waals surface area contributed by atoms with Gasteiger partial charge in [0.1, 0.15) is 5.60 Å². The Bertz CT molecular complexity index is 344. The molecule has 0 aromatic carbocycles. The predicted molar refractivity (Wildman–Crippen MR) is 75.5 cm³/mol. The molecule has 1 aliphatic heterocycles. The summed E-state index contributed by atoms with van der Waals surface area (Å²) in [5.74, 6) is -0.219. The second-order valence-electron chi connectivity index (χ2n) is 6.17. The van der Waals surface area contributed by atoms with Crippen molar-refractivity contribution in [1.29, 1.82) is 0 Å². The molecular formula is C14H26N2O4. The van der Waals surface area contributed by atoms with Gasteiger partial charge in [0.15, 0.2) is 0 Å². The van der Waals surface area contributed by atoms with Crippen LogP contribution in [0.4, 0.5) is 4.79 Å². The summed E-state index contributed by atoms with van der Waals surface area (Å²) in [7, 11) is 3.17. The van der Waals surface area contributed by atoms with Crippen LogP contribution in [0.1, 0.15) is 33.6 Å². The molecule has 0 saturated carbocycles. The molecular weight excluding hydrogens is 260 g/mol. The second-order valence-corrected chi connectivity index (χ2v) is 6.17. The number of amides is 1. The summed E-state index contributed by atoms with van der Waals surface area (Å²) < 4.78 is 10.0. The van der Waals surface area contributed by atoms with Gasteiger partial charge in [-0.2, -0.15) is 0 Å². The van der Waals surface area contributed by atoms with Crippen LogP contribution in [0.2, 0.25) is 0 Å². The molecule has 0 aromatic heterocycles. The lowest BCUT2D eigenvalue weighted by molar-refractivity contribution is -0.142. The molecule has 6 heteroatoms. The second kappa shape index (κ2) is 6.92. The van der Waals surface area contributed by atoms with Crippen molar-refractivity contribution in [2.24, 2.45) is 0 Å². The first kappa shape index (κ1) is 16.8. The summed E-state index contributed by atoms with van der Waals surface area (Å²) in [5.41, 5.74) is -0.475. The molecule has 0 radical (unpaired) electrons. The highest BCUT2D eigenvalue weighted by atomic mass is 16.6. The molecule has 0 bridgehead atoms. The lowest BCUT2D eigenvalue weighted by Gasteiger charge is -2.36. The molecule has 0 aromatic rings. The Morgan fingerprint density at radius 2 is 1.80 bits per heavy atom. The Kier molecular flexibility index (Phi) is 5.80. The van der Waals surface area contributed by atoms with Crippen molar-refractivity contribution >= 4 is 12.1 Å². The van der Waals surface area contributed by atoms with Gasteiger partial charge >= 0.3 is 12.1 Å².